The van der Waals surface area contributed by atoms with Crippen molar-refractivity contribution in [3.63, 3.8) is 0 Å². The Bertz CT molecular complexity index is 1250. The lowest BCUT2D eigenvalue weighted by Gasteiger charge is -2.41. The van der Waals surface area contributed by atoms with E-state index in [1.807, 2.05) is 5.32 Å². The number of unbranched alkanes of at least 4 members (excludes halogenated alkanes) is 1. The lowest BCUT2D eigenvalue weighted by atomic mass is 9.77. The van der Waals surface area contributed by atoms with Gasteiger partial charge in [0.1, 0.15) is 5.82 Å². The molecule has 3 N–H and O–H groups in total. The summed E-state index contributed by atoms with van der Waals surface area (Å²) in [4.78, 5) is 13.0. The van der Waals surface area contributed by atoms with Crippen LogP contribution in [0.15, 0.2) is 30.5 Å². The van der Waals surface area contributed by atoms with Gasteiger partial charge in [0.25, 0.3) is 5.91 Å². The molecule has 0 saturated carbocycles. The number of carbonyl (C=O) groups excluding carboxylic acids is 1. The molecule has 1 aliphatic rings. The molecule has 4 rings (SSSR count). The zero-order chi connectivity index (χ0) is 26.1. The SMILES string of the molecule is O=C1N[C@@](c2ccc(CCCCC(F)(F)F)cc2F)(C(F)(F)F)CC(c2cc[nH]n2)=C1c1nnn[nH]1. The molecule has 192 valence electrons. The second-order valence-corrected chi connectivity index (χ2v) is 8.23. The van der Waals surface area contributed by atoms with E-state index in [2.05, 4.69) is 30.8 Å². The van der Waals surface area contributed by atoms with Crippen LogP contribution in [0.2, 0.25) is 0 Å². The van der Waals surface area contributed by atoms with Gasteiger partial charge >= 0.3 is 12.4 Å². The first-order chi connectivity index (χ1) is 16.9. The second-order valence-electron chi connectivity index (χ2n) is 8.23. The van der Waals surface area contributed by atoms with Crippen molar-refractivity contribution in [2.24, 2.45) is 0 Å². The number of aromatic nitrogens is 6. The van der Waals surface area contributed by atoms with Gasteiger partial charge in [-0.05, 0) is 53.0 Å². The van der Waals surface area contributed by atoms with E-state index in [0.717, 1.165) is 12.1 Å². The van der Waals surface area contributed by atoms with Gasteiger partial charge in [-0.2, -0.15) is 31.4 Å². The van der Waals surface area contributed by atoms with Crippen molar-refractivity contribution in [3.8, 4) is 0 Å². The molecule has 36 heavy (non-hydrogen) atoms. The van der Waals surface area contributed by atoms with E-state index in [1.54, 1.807) is 0 Å². The summed E-state index contributed by atoms with van der Waals surface area (Å²) in [5.41, 5.74) is -4.22. The molecule has 15 heteroatoms. The van der Waals surface area contributed by atoms with Crippen molar-refractivity contribution in [1.82, 2.24) is 36.1 Å². The fraction of sp³-hybridized carbons (Fsp3) is 0.381. The van der Waals surface area contributed by atoms with E-state index in [1.165, 1.54) is 18.3 Å². The minimum absolute atomic E-state index is 0.00608. The summed E-state index contributed by atoms with van der Waals surface area (Å²) in [5, 5.41) is 20.9. The summed E-state index contributed by atoms with van der Waals surface area (Å²) >= 11 is 0. The highest BCUT2D eigenvalue weighted by Gasteiger charge is 2.61. The molecule has 0 aliphatic carbocycles. The summed E-state index contributed by atoms with van der Waals surface area (Å²) in [7, 11) is 0. The molecule has 0 bridgehead atoms. The van der Waals surface area contributed by atoms with E-state index < -0.39 is 48.0 Å². The van der Waals surface area contributed by atoms with E-state index in [-0.39, 0.29) is 47.5 Å². The third-order valence-electron chi connectivity index (χ3n) is 5.84. The molecular formula is C21H18F7N7O. The van der Waals surface area contributed by atoms with Crippen LogP contribution in [0, 0.1) is 5.82 Å². The van der Waals surface area contributed by atoms with Crippen molar-refractivity contribution in [1.29, 1.82) is 0 Å². The standard InChI is InChI=1S/C21H18F7N7O/c22-14-9-11(3-1-2-7-20(23,24)25)4-5-13(14)19(21(26,27)28)10-12(15-6-8-29-31-15)16(18(36)30-19)17-32-34-35-33-17/h4-6,8-9H,1-3,7,10H2,(H,29,31)(H,30,36)(H,32,33,34,35)/t19-/m0/s1. The van der Waals surface area contributed by atoms with Crippen LogP contribution < -0.4 is 5.32 Å². The van der Waals surface area contributed by atoms with Crippen molar-refractivity contribution in [2.45, 2.75) is 50.0 Å². The van der Waals surface area contributed by atoms with E-state index in [4.69, 9.17) is 0 Å². The summed E-state index contributed by atoms with van der Waals surface area (Å²) in [5.74, 6) is -2.66. The van der Waals surface area contributed by atoms with E-state index >= 15 is 4.39 Å². The molecule has 1 aliphatic heterocycles. The zero-order valence-electron chi connectivity index (χ0n) is 18.3. The monoisotopic (exact) mass is 517 g/mol. The van der Waals surface area contributed by atoms with Crippen LogP contribution in [-0.2, 0) is 16.8 Å². The number of hydrogen-bond acceptors (Lipinski definition) is 5. The van der Waals surface area contributed by atoms with Gasteiger partial charge in [-0.25, -0.2) is 9.49 Å². The molecular weight excluding hydrogens is 499 g/mol. The molecule has 3 aromatic rings. The summed E-state index contributed by atoms with van der Waals surface area (Å²) in [6.07, 6.45) is -10.2. The molecule has 0 fully saturated rings. The van der Waals surface area contributed by atoms with Crippen molar-refractivity contribution in [3.05, 3.63) is 58.9 Å². The van der Waals surface area contributed by atoms with Gasteiger partial charge in [0, 0.05) is 24.6 Å². The third kappa shape index (κ3) is 4.95. The number of aryl methyl sites for hydroxylation is 1. The van der Waals surface area contributed by atoms with Crippen LogP contribution in [0.1, 0.15) is 48.3 Å². The first-order valence-electron chi connectivity index (χ1n) is 10.6. The molecule has 0 radical (unpaired) electrons. The highest BCUT2D eigenvalue weighted by Crippen LogP contribution is 2.49. The molecule has 1 amide bonds. The minimum Gasteiger partial charge on any atom is -0.334 e. The predicted octanol–water partition coefficient (Wildman–Crippen LogP) is 4.23. The Morgan fingerprint density at radius 3 is 2.42 bits per heavy atom. The van der Waals surface area contributed by atoms with Gasteiger partial charge in [-0.1, -0.05) is 12.1 Å². The van der Waals surface area contributed by atoms with Crippen LogP contribution in [0.3, 0.4) is 0 Å². The zero-order valence-corrected chi connectivity index (χ0v) is 18.3. The van der Waals surface area contributed by atoms with Gasteiger partial charge in [-0.3, -0.25) is 9.89 Å². The maximum absolute atomic E-state index is 15.2. The normalized spacial score (nSPS) is 19.0. The fourth-order valence-corrected chi connectivity index (χ4v) is 4.15. The number of aromatic amines is 2. The number of carbonyl (C=O) groups is 1. The number of amides is 1. The van der Waals surface area contributed by atoms with Crippen molar-refractivity contribution in [2.75, 3.05) is 0 Å². The summed E-state index contributed by atoms with van der Waals surface area (Å²) < 4.78 is 95.9. The minimum atomic E-state index is -5.15. The Balaban J connectivity index is 1.72. The second kappa shape index (κ2) is 9.35. The van der Waals surface area contributed by atoms with Crippen LogP contribution in [0.5, 0.6) is 0 Å². The number of tetrazole rings is 1. The third-order valence-corrected chi connectivity index (χ3v) is 5.84. The Morgan fingerprint density at radius 1 is 1.06 bits per heavy atom. The van der Waals surface area contributed by atoms with Crippen molar-refractivity contribution >= 4 is 17.1 Å². The molecule has 2 aromatic heterocycles. The average Bonchev–Trinajstić information content (AvgIpc) is 3.49. The largest absolute Gasteiger partial charge is 0.416 e. The average molecular weight is 517 g/mol. The molecule has 3 heterocycles. The maximum Gasteiger partial charge on any atom is 0.416 e. The highest BCUT2D eigenvalue weighted by atomic mass is 19.4. The van der Waals surface area contributed by atoms with E-state index in [9.17, 15) is 31.1 Å². The molecule has 1 aromatic carbocycles. The molecule has 0 unspecified atom stereocenters. The maximum atomic E-state index is 15.2. The first kappa shape index (κ1) is 25.3. The fourth-order valence-electron chi connectivity index (χ4n) is 4.15. The molecule has 1 atom stereocenters. The summed E-state index contributed by atoms with van der Waals surface area (Å²) in [6.45, 7) is 0. The van der Waals surface area contributed by atoms with Gasteiger partial charge in [0.2, 0.25) is 0 Å². The quantitative estimate of drug-likeness (QED) is 0.321. The van der Waals surface area contributed by atoms with Crippen LogP contribution in [0.4, 0.5) is 30.7 Å². The number of rotatable bonds is 7. The predicted molar refractivity (Wildman–Crippen MR) is 110 cm³/mol. The Morgan fingerprint density at radius 2 is 1.83 bits per heavy atom. The number of alkyl halides is 6. The number of benzene rings is 1. The topological polar surface area (TPSA) is 112 Å². The lowest BCUT2D eigenvalue weighted by molar-refractivity contribution is -0.202. The van der Waals surface area contributed by atoms with E-state index in [0.29, 0.717) is 0 Å². The number of nitrogens with one attached hydrogen (secondary N) is 3. The lowest BCUT2D eigenvalue weighted by Crippen LogP contribution is -2.59. The Hall–Kier alpha value is -3.78. The van der Waals surface area contributed by atoms with Gasteiger partial charge in [0.05, 0.1) is 11.3 Å². The molecule has 0 saturated heterocycles. The number of nitrogens with zero attached hydrogens (tertiary/aromatic N) is 4. The van der Waals surface area contributed by atoms with Gasteiger partial charge in [0.15, 0.2) is 11.4 Å². The van der Waals surface area contributed by atoms with Gasteiger partial charge < -0.3 is 5.32 Å². The van der Waals surface area contributed by atoms with Crippen LogP contribution in [0.25, 0.3) is 11.1 Å². The molecule has 8 nitrogen and oxygen atoms in total. The molecule has 0 spiro atoms. The van der Waals surface area contributed by atoms with Gasteiger partial charge in [-0.15, -0.1) is 5.10 Å². The Labute approximate surface area is 198 Å². The number of H-pyrrole nitrogens is 2. The smallest absolute Gasteiger partial charge is 0.334 e. The summed E-state index contributed by atoms with van der Waals surface area (Å²) in [6, 6.07) is 4.29. The number of halogens is 7. The first-order valence-corrected chi connectivity index (χ1v) is 10.6. The Kier molecular flexibility index (Phi) is 6.58. The van der Waals surface area contributed by atoms with Crippen LogP contribution >= 0.6 is 0 Å². The number of hydrogen-bond donors (Lipinski definition) is 3. The van der Waals surface area contributed by atoms with Crippen LogP contribution in [-0.4, -0.2) is 49.1 Å². The highest BCUT2D eigenvalue weighted by molar-refractivity contribution is 6.27. The van der Waals surface area contributed by atoms with Crippen molar-refractivity contribution < 1.29 is 35.5 Å².